The van der Waals surface area contributed by atoms with Gasteiger partial charge in [0.25, 0.3) is 0 Å². The van der Waals surface area contributed by atoms with Crippen LogP contribution in [-0.4, -0.2) is 45.4 Å². The molecule has 0 bridgehead atoms. The van der Waals surface area contributed by atoms with Crippen LogP contribution in [0.3, 0.4) is 0 Å². The van der Waals surface area contributed by atoms with Crippen LogP contribution in [0.25, 0.3) is 0 Å². The summed E-state index contributed by atoms with van der Waals surface area (Å²) in [5, 5.41) is 2.67. The summed E-state index contributed by atoms with van der Waals surface area (Å²) < 4.78 is 1.94. The normalized spacial score (nSPS) is 19.6. The molecular weight excluding hydrogens is 256 g/mol. The predicted molar refractivity (Wildman–Crippen MR) is 74.9 cm³/mol. The molecule has 0 spiro atoms. The van der Waals surface area contributed by atoms with Crippen LogP contribution in [0.5, 0.6) is 0 Å². The van der Waals surface area contributed by atoms with Crippen LogP contribution < -0.4 is 5.32 Å². The quantitative estimate of drug-likeness (QED) is 0.844. The number of hydrogen-bond donors (Lipinski definition) is 1. The summed E-state index contributed by atoms with van der Waals surface area (Å²) in [5.74, 6) is 1.24. The molecule has 1 unspecified atom stereocenters. The summed E-state index contributed by atoms with van der Waals surface area (Å²) >= 11 is 0. The Morgan fingerprint density at radius 3 is 2.80 bits per heavy atom. The van der Waals surface area contributed by atoms with E-state index in [1.54, 1.807) is 11.1 Å². The summed E-state index contributed by atoms with van der Waals surface area (Å²) in [5.41, 5.74) is 0. The highest BCUT2D eigenvalue weighted by molar-refractivity contribution is 5.94. The molecule has 1 aliphatic rings. The summed E-state index contributed by atoms with van der Waals surface area (Å²) in [7, 11) is 1.93. The number of piperazine rings is 1. The van der Waals surface area contributed by atoms with Gasteiger partial charge in [-0.3, -0.25) is 9.59 Å². The van der Waals surface area contributed by atoms with Gasteiger partial charge in [0.2, 0.25) is 11.8 Å². The van der Waals surface area contributed by atoms with Crippen molar-refractivity contribution in [1.29, 1.82) is 0 Å². The average Bonchev–Trinajstić information content (AvgIpc) is 2.78. The van der Waals surface area contributed by atoms with Gasteiger partial charge < -0.3 is 14.8 Å². The van der Waals surface area contributed by atoms with Crippen LogP contribution in [0.15, 0.2) is 12.4 Å². The lowest BCUT2D eigenvalue weighted by Gasteiger charge is -2.35. The molecule has 1 fully saturated rings. The lowest BCUT2D eigenvalue weighted by Crippen LogP contribution is -2.59. The van der Waals surface area contributed by atoms with E-state index in [1.165, 1.54) is 0 Å². The minimum Gasteiger partial charge on any atom is -0.345 e. The number of aromatic nitrogens is 2. The zero-order valence-corrected chi connectivity index (χ0v) is 12.3. The van der Waals surface area contributed by atoms with Gasteiger partial charge >= 0.3 is 0 Å². The number of rotatable bonds is 5. The summed E-state index contributed by atoms with van der Waals surface area (Å²) in [6.07, 6.45) is 4.98. The maximum atomic E-state index is 12.1. The molecule has 1 aromatic heterocycles. The summed E-state index contributed by atoms with van der Waals surface area (Å²) in [6, 6.07) is -0.350. The maximum Gasteiger partial charge on any atom is 0.243 e. The molecule has 0 aliphatic carbocycles. The Labute approximate surface area is 119 Å². The lowest BCUT2D eigenvalue weighted by molar-refractivity contribution is -0.146. The summed E-state index contributed by atoms with van der Waals surface area (Å²) in [4.78, 5) is 30.0. The van der Waals surface area contributed by atoms with E-state index >= 15 is 0 Å². The maximum absolute atomic E-state index is 12.1. The Bertz CT molecular complexity index is 495. The monoisotopic (exact) mass is 278 g/mol. The lowest BCUT2D eigenvalue weighted by atomic mass is 9.99. The molecule has 0 saturated carbocycles. The molecule has 2 heterocycles. The van der Waals surface area contributed by atoms with Gasteiger partial charge in [0.1, 0.15) is 11.9 Å². The number of amides is 2. The van der Waals surface area contributed by atoms with E-state index in [4.69, 9.17) is 0 Å². The zero-order chi connectivity index (χ0) is 14.7. The van der Waals surface area contributed by atoms with Gasteiger partial charge in [0.05, 0.1) is 6.54 Å². The molecule has 0 radical (unpaired) electrons. The third-order valence-electron chi connectivity index (χ3n) is 3.61. The van der Waals surface area contributed by atoms with Gasteiger partial charge in [0, 0.05) is 32.4 Å². The van der Waals surface area contributed by atoms with Crippen molar-refractivity contribution in [2.75, 3.05) is 13.1 Å². The van der Waals surface area contributed by atoms with Gasteiger partial charge in [-0.1, -0.05) is 13.8 Å². The standard InChI is InChI=1S/C14H22N4O2/c1-10(2)8-11-14(20)16-9-13(19)18(11)6-4-12-15-5-7-17(12)3/h5,7,10-11H,4,6,8-9H2,1-3H3,(H,16,20). The average molecular weight is 278 g/mol. The van der Waals surface area contributed by atoms with Gasteiger partial charge in [0.15, 0.2) is 0 Å². The van der Waals surface area contributed by atoms with E-state index in [-0.39, 0.29) is 24.4 Å². The second-order valence-electron chi connectivity index (χ2n) is 5.65. The largest absolute Gasteiger partial charge is 0.345 e. The molecule has 6 heteroatoms. The molecule has 1 atom stereocenters. The molecule has 1 aromatic rings. The van der Waals surface area contributed by atoms with Crippen molar-refractivity contribution in [3.05, 3.63) is 18.2 Å². The van der Waals surface area contributed by atoms with E-state index in [0.717, 1.165) is 5.82 Å². The minimum atomic E-state index is -0.350. The molecule has 6 nitrogen and oxygen atoms in total. The highest BCUT2D eigenvalue weighted by atomic mass is 16.2. The Morgan fingerprint density at radius 2 is 2.20 bits per heavy atom. The number of carbonyl (C=O) groups excluding carboxylic acids is 2. The second kappa shape index (κ2) is 6.07. The Morgan fingerprint density at radius 1 is 1.45 bits per heavy atom. The number of carbonyl (C=O) groups is 2. The van der Waals surface area contributed by atoms with Crippen LogP contribution in [0, 0.1) is 5.92 Å². The van der Waals surface area contributed by atoms with E-state index in [0.29, 0.717) is 25.3 Å². The smallest absolute Gasteiger partial charge is 0.243 e. The molecule has 1 saturated heterocycles. The van der Waals surface area contributed by atoms with Crippen LogP contribution >= 0.6 is 0 Å². The number of nitrogens with one attached hydrogen (secondary N) is 1. The fourth-order valence-corrected chi connectivity index (χ4v) is 2.52. The zero-order valence-electron chi connectivity index (χ0n) is 12.3. The van der Waals surface area contributed by atoms with Crippen LogP contribution in [0.4, 0.5) is 0 Å². The highest BCUT2D eigenvalue weighted by Crippen LogP contribution is 2.15. The molecule has 1 N–H and O–H groups in total. The Hall–Kier alpha value is -1.85. The van der Waals surface area contributed by atoms with Crippen LogP contribution in [-0.2, 0) is 23.1 Å². The SMILES string of the molecule is CC(C)CC1C(=O)NCC(=O)N1CCc1nccn1C. The molecule has 2 amide bonds. The minimum absolute atomic E-state index is 0.00976. The first-order valence-electron chi connectivity index (χ1n) is 7.02. The molecule has 0 aromatic carbocycles. The van der Waals surface area contributed by atoms with E-state index < -0.39 is 0 Å². The number of nitrogens with zero attached hydrogens (tertiary/aromatic N) is 3. The van der Waals surface area contributed by atoms with Crippen molar-refractivity contribution in [2.45, 2.75) is 32.7 Å². The van der Waals surface area contributed by atoms with Crippen molar-refractivity contribution in [3.63, 3.8) is 0 Å². The van der Waals surface area contributed by atoms with Crippen molar-refractivity contribution < 1.29 is 9.59 Å². The van der Waals surface area contributed by atoms with Crippen LogP contribution in [0.1, 0.15) is 26.1 Å². The van der Waals surface area contributed by atoms with Crippen molar-refractivity contribution in [2.24, 2.45) is 13.0 Å². The number of imidazole rings is 1. The highest BCUT2D eigenvalue weighted by Gasteiger charge is 2.34. The van der Waals surface area contributed by atoms with Gasteiger partial charge in [-0.25, -0.2) is 4.98 Å². The van der Waals surface area contributed by atoms with Gasteiger partial charge in [-0.15, -0.1) is 0 Å². The van der Waals surface area contributed by atoms with Crippen molar-refractivity contribution >= 4 is 11.8 Å². The Kier molecular flexibility index (Phi) is 4.42. The van der Waals surface area contributed by atoms with Gasteiger partial charge in [-0.05, 0) is 12.3 Å². The first-order chi connectivity index (χ1) is 9.49. The molecule has 1 aliphatic heterocycles. The summed E-state index contributed by atoms with van der Waals surface area (Å²) in [6.45, 7) is 4.76. The first-order valence-corrected chi connectivity index (χ1v) is 7.02. The van der Waals surface area contributed by atoms with E-state index in [1.807, 2.05) is 17.8 Å². The first kappa shape index (κ1) is 14.6. The molecule has 110 valence electrons. The molecule has 20 heavy (non-hydrogen) atoms. The number of hydrogen-bond acceptors (Lipinski definition) is 3. The van der Waals surface area contributed by atoms with Crippen LogP contribution in [0.2, 0.25) is 0 Å². The third-order valence-corrected chi connectivity index (χ3v) is 3.61. The second-order valence-corrected chi connectivity index (χ2v) is 5.65. The topological polar surface area (TPSA) is 67.2 Å². The van der Waals surface area contributed by atoms with Crippen molar-refractivity contribution in [1.82, 2.24) is 19.8 Å². The fraction of sp³-hybridized carbons (Fsp3) is 0.643. The number of aryl methyl sites for hydroxylation is 1. The van der Waals surface area contributed by atoms with E-state index in [2.05, 4.69) is 24.1 Å². The fourth-order valence-electron chi connectivity index (χ4n) is 2.52. The Balaban J connectivity index is 2.06. The van der Waals surface area contributed by atoms with Crippen molar-refractivity contribution in [3.8, 4) is 0 Å². The van der Waals surface area contributed by atoms with E-state index in [9.17, 15) is 9.59 Å². The molecular formula is C14H22N4O2. The van der Waals surface area contributed by atoms with Gasteiger partial charge in [-0.2, -0.15) is 0 Å². The molecule has 2 rings (SSSR count). The predicted octanol–water partition coefficient (Wildman–Crippen LogP) is 0.336. The third kappa shape index (κ3) is 3.18.